The molecule has 5 heteroatoms. The van der Waals surface area contributed by atoms with Gasteiger partial charge in [0.1, 0.15) is 5.75 Å². The first-order valence-corrected chi connectivity index (χ1v) is 4.44. The van der Waals surface area contributed by atoms with Gasteiger partial charge in [0.05, 0.1) is 0 Å². The maximum Gasteiger partial charge on any atom is 0.422 e. The van der Waals surface area contributed by atoms with Gasteiger partial charge in [-0.2, -0.15) is 13.2 Å². The number of alkyl halides is 3. The highest BCUT2D eigenvalue weighted by Gasteiger charge is 2.28. The van der Waals surface area contributed by atoms with Gasteiger partial charge < -0.3 is 10.1 Å². The van der Waals surface area contributed by atoms with Crippen LogP contribution in [0.15, 0.2) is 24.3 Å². The van der Waals surface area contributed by atoms with Crippen LogP contribution in [0.1, 0.15) is 5.56 Å². The van der Waals surface area contributed by atoms with Crippen molar-refractivity contribution in [2.24, 2.45) is 0 Å². The number of halogens is 3. The van der Waals surface area contributed by atoms with Gasteiger partial charge >= 0.3 is 6.18 Å². The number of ether oxygens (including phenoxy) is 1. The van der Waals surface area contributed by atoms with Crippen LogP contribution in [0, 0.1) is 0 Å². The molecule has 0 aliphatic rings. The van der Waals surface area contributed by atoms with Crippen LogP contribution in [-0.2, 0) is 6.54 Å². The van der Waals surface area contributed by atoms with E-state index in [4.69, 9.17) is 0 Å². The van der Waals surface area contributed by atoms with Crippen LogP contribution in [0.3, 0.4) is 0 Å². The zero-order chi connectivity index (χ0) is 11.3. The second kappa shape index (κ2) is 5.02. The maximum atomic E-state index is 11.8. The van der Waals surface area contributed by atoms with Crippen molar-refractivity contribution >= 4 is 0 Å². The SMILES string of the molecule is CNCc1ccc(OCC(F)(F)F)cc1. The number of rotatable bonds is 4. The molecule has 0 aliphatic heterocycles. The van der Waals surface area contributed by atoms with E-state index >= 15 is 0 Å². The van der Waals surface area contributed by atoms with Crippen LogP contribution in [0.2, 0.25) is 0 Å². The van der Waals surface area contributed by atoms with Gasteiger partial charge in [-0.25, -0.2) is 0 Å². The maximum absolute atomic E-state index is 11.8. The number of hydrogen-bond donors (Lipinski definition) is 1. The third-order valence-electron chi connectivity index (χ3n) is 1.71. The third-order valence-corrected chi connectivity index (χ3v) is 1.71. The standard InChI is InChI=1S/C10H12F3NO/c1-14-6-8-2-4-9(5-3-8)15-7-10(11,12)13/h2-5,14H,6-7H2,1H3. The van der Waals surface area contributed by atoms with Crippen LogP contribution < -0.4 is 10.1 Å². The molecule has 15 heavy (non-hydrogen) atoms. The van der Waals surface area contributed by atoms with E-state index in [1.165, 1.54) is 12.1 Å². The molecule has 84 valence electrons. The summed E-state index contributed by atoms with van der Waals surface area (Å²) in [7, 11) is 1.80. The van der Waals surface area contributed by atoms with Gasteiger partial charge in [0, 0.05) is 6.54 Å². The van der Waals surface area contributed by atoms with Crippen molar-refractivity contribution in [2.45, 2.75) is 12.7 Å². The molecule has 0 saturated heterocycles. The van der Waals surface area contributed by atoms with E-state index in [1.807, 2.05) is 0 Å². The highest BCUT2D eigenvalue weighted by molar-refractivity contribution is 5.27. The lowest BCUT2D eigenvalue weighted by Crippen LogP contribution is -2.19. The Bertz CT molecular complexity index is 295. The minimum absolute atomic E-state index is 0.229. The van der Waals surface area contributed by atoms with Crippen LogP contribution in [0.25, 0.3) is 0 Å². The van der Waals surface area contributed by atoms with E-state index in [9.17, 15) is 13.2 Å². The van der Waals surface area contributed by atoms with Crippen molar-refractivity contribution in [1.29, 1.82) is 0 Å². The fourth-order valence-corrected chi connectivity index (χ4v) is 1.07. The number of hydrogen-bond acceptors (Lipinski definition) is 2. The van der Waals surface area contributed by atoms with E-state index in [2.05, 4.69) is 10.1 Å². The molecule has 0 aromatic heterocycles. The van der Waals surface area contributed by atoms with Gasteiger partial charge in [0.15, 0.2) is 6.61 Å². The van der Waals surface area contributed by atoms with Crippen molar-refractivity contribution in [3.05, 3.63) is 29.8 Å². The Hall–Kier alpha value is -1.23. The summed E-state index contributed by atoms with van der Waals surface area (Å²) in [5, 5.41) is 2.94. The summed E-state index contributed by atoms with van der Waals surface area (Å²) >= 11 is 0. The average molecular weight is 219 g/mol. The highest BCUT2D eigenvalue weighted by atomic mass is 19.4. The van der Waals surface area contributed by atoms with Crippen molar-refractivity contribution in [3.8, 4) is 5.75 Å². The first-order valence-electron chi connectivity index (χ1n) is 4.44. The van der Waals surface area contributed by atoms with Crippen molar-refractivity contribution in [1.82, 2.24) is 5.32 Å². The summed E-state index contributed by atoms with van der Waals surface area (Å²) < 4.78 is 40.0. The normalized spacial score (nSPS) is 11.5. The molecule has 1 aromatic carbocycles. The van der Waals surface area contributed by atoms with Gasteiger partial charge in [-0.3, -0.25) is 0 Å². The number of nitrogens with one attached hydrogen (secondary N) is 1. The topological polar surface area (TPSA) is 21.3 Å². The van der Waals surface area contributed by atoms with Crippen molar-refractivity contribution in [2.75, 3.05) is 13.7 Å². The monoisotopic (exact) mass is 219 g/mol. The minimum Gasteiger partial charge on any atom is -0.484 e. The molecule has 0 radical (unpaired) electrons. The molecule has 0 amide bonds. The van der Waals surface area contributed by atoms with E-state index < -0.39 is 12.8 Å². The molecular formula is C10H12F3NO. The van der Waals surface area contributed by atoms with Crippen LogP contribution in [0.4, 0.5) is 13.2 Å². The molecule has 0 heterocycles. The Labute approximate surface area is 86.1 Å². The summed E-state index contributed by atoms with van der Waals surface area (Å²) in [6.45, 7) is -0.572. The van der Waals surface area contributed by atoms with E-state index in [0.29, 0.717) is 6.54 Å². The molecule has 0 bridgehead atoms. The molecule has 0 fully saturated rings. The zero-order valence-corrected chi connectivity index (χ0v) is 8.27. The van der Waals surface area contributed by atoms with E-state index in [1.54, 1.807) is 19.2 Å². The van der Waals surface area contributed by atoms with Gasteiger partial charge in [0.25, 0.3) is 0 Å². The highest BCUT2D eigenvalue weighted by Crippen LogP contribution is 2.18. The largest absolute Gasteiger partial charge is 0.484 e. The quantitative estimate of drug-likeness (QED) is 0.839. The average Bonchev–Trinajstić information content (AvgIpc) is 2.16. The predicted molar refractivity (Wildman–Crippen MR) is 50.8 cm³/mol. The molecule has 0 spiro atoms. The lowest BCUT2D eigenvalue weighted by molar-refractivity contribution is -0.153. The first-order chi connectivity index (χ1) is 7.01. The molecule has 0 unspecified atom stereocenters. The van der Waals surface area contributed by atoms with Gasteiger partial charge in [-0.05, 0) is 24.7 Å². The van der Waals surface area contributed by atoms with Gasteiger partial charge in [-0.1, -0.05) is 12.1 Å². The minimum atomic E-state index is -4.29. The van der Waals surface area contributed by atoms with Gasteiger partial charge in [0.2, 0.25) is 0 Å². The summed E-state index contributed by atoms with van der Waals surface area (Å²) in [6, 6.07) is 6.50. The lowest BCUT2D eigenvalue weighted by atomic mass is 10.2. The molecule has 1 aromatic rings. The van der Waals surface area contributed by atoms with Crippen LogP contribution in [-0.4, -0.2) is 19.8 Å². The molecule has 0 saturated carbocycles. The Morgan fingerprint density at radius 3 is 2.27 bits per heavy atom. The lowest BCUT2D eigenvalue weighted by Gasteiger charge is -2.09. The summed E-state index contributed by atoms with van der Waals surface area (Å²) in [4.78, 5) is 0. The molecule has 1 rings (SSSR count). The van der Waals surface area contributed by atoms with Crippen molar-refractivity contribution in [3.63, 3.8) is 0 Å². The van der Waals surface area contributed by atoms with E-state index in [-0.39, 0.29) is 5.75 Å². The fraction of sp³-hybridized carbons (Fsp3) is 0.400. The predicted octanol–water partition coefficient (Wildman–Crippen LogP) is 2.35. The molecular weight excluding hydrogens is 207 g/mol. The Morgan fingerprint density at radius 2 is 1.80 bits per heavy atom. The van der Waals surface area contributed by atoms with Crippen molar-refractivity contribution < 1.29 is 17.9 Å². The summed E-state index contributed by atoms with van der Waals surface area (Å²) in [5.74, 6) is 0.229. The van der Waals surface area contributed by atoms with Crippen LogP contribution in [0.5, 0.6) is 5.75 Å². The first kappa shape index (κ1) is 11.8. The van der Waals surface area contributed by atoms with Gasteiger partial charge in [-0.15, -0.1) is 0 Å². The molecule has 2 nitrogen and oxygen atoms in total. The Morgan fingerprint density at radius 1 is 1.20 bits per heavy atom. The Balaban J connectivity index is 2.50. The Kier molecular flexibility index (Phi) is 3.96. The fourth-order valence-electron chi connectivity index (χ4n) is 1.07. The third kappa shape index (κ3) is 4.69. The second-order valence-corrected chi connectivity index (χ2v) is 3.08. The summed E-state index contributed by atoms with van der Waals surface area (Å²) in [6.07, 6.45) is -4.29. The molecule has 1 N–H and O–H groups in total. The number of benzene rings is 1. The molecule has 0 aliphatic carbocycles. The summed E-state index contributed by atoms with van der Waals surface area (Å²) in [5.41, 5.74) is 0.997. The van der Waals surface area contributed by atoms with Crippen LogP contribution >= 0.6 is 0 Å². The zero-order valence-electron chi connectivity index (χ0n) is 8.27. The van der Waals surface area contributed by atoms with E-state index in [0.717, 1.165) is 5.56 Å². The molecule has 0 atom stereocenters. The smallest absolute Gasteiger partial charge is 0.422 e. The second-order valence-electron chi connectivity index (χ2n) is 3.08.